The predicted octanol–water partition coefficient (Wildman–Crippen LogP) is 3.15. The van der Waals surface area contributed by atoms with Gasteiger partial charge in [-0.05, 0) is 44.1 Å². The Labute approximate surface area is 100.0 Å². The van der Waals surface area contributed by atoms with Crippen LogP contribution in [0.2, 0.25) is 0 Å². The minimum atomic E-state index is 0.369. The summed E-state index contributed by atoms with van der Waals surface area (Å²) in [5.41, 5.74) is 5.51. The third-order valence-electron chi connectivity index (χ3n) is 3.93. The summed E-state index contributed by atoms with van der Waals surface area (Å²) in [5.74, 6) is 2.24. The summed E-state index contributed by atoms with van der Waals surface area (Å²) in [6, 6.07) is 0. The van der Waals surface area contributed by atoms with Gasteiger partial charge in [-0.3, -0.25) is 4.79 Å². The third-order valence-corrected chi connectivity index (χ3v) is 3.93. The highest BCUT2D eigenvalue weighted by Gasteiger charge is 2.24. The van der Waals surface area contributed by atoms with Crippen LogP contribution in [-0.2, 0) is 4.79 Å². The van der Waals surface area contributed by atoms with Crippen LogP contribution in [-0.4, -0.2) is 12.3 Å². The van der Waals surface area contributed by atoms with Gasteiger partial charge in [-0.25, -0.2) is 0 Å². The van der Waals surface area contributed by atoms with Crippen LogP contribution in [0.4, 0.5) is 0 Å². The maximum absolute atomic E-state index is 12.0. The first-order valence-corrected chi connectivity index (χ1v) is 6.86. The Morgan fingerprint density at radius 1 is 1.38 bits per heavy atom. The number of carbonyl (C=O) groups is 1. The molecular formula is C14H27NO. The molecule has 0 aliphatic heterocycles. The first-order chi connectivity index (χ1) is 7.63. The molecule has 16 heavy (non-hydrogen) atoms. The third kappa shape index (κ3) is 4.65. The lowest BCUT2D eigenvalue weighted by molar-refractivity contribution is -0.124. The van der Waals surface area contributed by atoms with Crippen molar-refractivity contribution in [3.05, 3.63) is 0 Å². The summed E-state index contributed by atoms with van der Waals surface area (Å²) < 4.78 is 0. The Balaban J connectivity index is 2.23. The van der Waals surface area contributed by atoms with Gasteiger partial charge in [0.2, 0.25) is 0 Å². The van der Waals surface area contributed by atoms with Crippen LogP contribution in [0.3, 0.4) is 0 Å². The van der Waals surface area contributed by atoms with E-state index in [9.17, 15) is 4.79 Å². The molecule has 0 bridgehead atoms. The SMILES string of the molecule is CC(CCN)CCC(=O)C1CCCC(C)C1. The van der Waals surface area contributed by atoms with Crippen LogP contribution in [0.5, 0.6) is 0 Å². The van der Waals surface area contributed by atoms with Gasteiger partial charge >= 0.3 is 0 Å². The lowest BCUT2D eigenvalue weighted by atomic mass is 9.79. The fourth-order valence-corrected chi connectivity index (χ4v) is 2.75. The minimum Gasteiger partial charge on any atom is -0.330 e. The summed E-state index contributed by atoms with van der Waals surface area (Å²) in [6.45, 7) is 5.22. The van der Waals surface area contributed by atoms with E-state index in [0.717, 1.165) is 44.6 Å². The van der Waals surface area contributed by atoms with E-state index in [4.69, 9.17) is 5.73 Å². The molecule has 0 aromatic heterocycles. The van der Waals surface area contributed by atoms with Crippen LogP contribution in [0.25, 0.3) is 0 Å². The number of hydrogen-bond donors (Lipinski definition) is 1. The minimum absolute atomic E-state index is 0.369. The molecule has 0 heterocycles. The fraction of sp³-hybridized carbons (Fsp3) is 0.929. The summed E-state index contributed by atoms with van der Waals surface area (Å²) in [4.78, 5) is 12.0. The quantitative estimate of drug-likeness (QED) is 0.754. The molecule has 1 fully saturated rings. The number of nitrogens with two attached hydrogens (primary N) is 1. The molecule has 0 spiro atoms. The molecule has 1 aliphatic carbocycles. The molecule has 0 radical (unpaired) electrons. The zero-order valence-corrected chi connectivity index (χ0v) is 10.9. The van der Waals surface area contributed by atoms with Crippen molar-refractivity contribution < 1.29 is 4.79 Å². The van der Waals surface area contributed by atoms with Crippen molar-refractivity contribution in [3.8, 4) is 0 Å². The molecule has 2 heteroatoms. The number of ketones is 1. The first kappa shape index (κ1) is 13.7. The van der Waals surface area contributed by atoms with Crippen molar-refractivity contribution in [3.63, 3.8) is 0 Å². The molecule has 1 rings (SSSR count). The lowest BCUT2D eigenvalue weighted by Gasteiger charge is -2.25. The van der Waals surface area contributed by atoms with Crippen LogP contribution in [0, 0.1) is 17.8 Å². The molecule has 0 saturated heterocycles. The van der Waals surface area contributed by atoms with E-state index in [-0.39, 0.29) is 0 Å². The van der Waals surface area contributed by atoms with Crippen molar-refractivity contribution in [2.75, 3.05) is 6.54 Å². The summed E-state index contributed by atoms with van der Waals surface area (Å²) in [5, 5.41) is 0. The van der Waals surface area contributed by atoms with E-state index >= 15 is 0 Å². The van der Waals surface area contributed by atoms with E-state index in [1.165, 1.54) is 12.8 Å². The molecule has 1 aliphatic rings. The van der Waals surface area contributed by atoms with Crippen LogP contribution in [0.1, 0.15) is 58.8 Å². The molecule has 2 nitrogen and oxygen atoms in total. The normalized spacial score (nSPS) is 27.7. The molecule has 94 valence electrons. The van der Waals surface area contributed by atoms with E-state index in [2.05, 4.69) is 13.8 Å². The van der Waals surface area contributed by atoms with Crippen LogP contribution in [0.15, 0.2) is 0 Å². The fourth-order valence-electron chi connectivity index (χ4n) is 2.75. The maximum atomic E-state index is 12.0. The highest BCUT2D eigenvalue weighted by molar-refractivity contribution is 5.81. The number of carbonyl (C=O) groups excluding carboxylic acids is 1. The van der Waals surface area contributed by atoms with Crippen molar-refractivity contribution in [2.24, 2.45) is 23.5 Å². The van der Waals surface area contributed by atoms with Crippen molar-refractivity contribution in [2.45, 2.75) is 58.8 Å². The Kier molecular flexibility index (Phi) is 6.04. The topological polar surface area (TPSA) is 43.1 Å². The Bertz CT molecular complexity index is 215. The number of hydrogen-bond acceptors (Lipinski definition) is 2. The molecule has 0 aromatic carbocycles. The predicted molar refractivity (Wildman–Crippen MR) is 68.2 cm³/mol. The van der Waals surface area contributed by atoms with Gasteiger partial charge in [-0.15, -0.1) is 0 Å². The molecule has 3 unspecified atom stereocenters. The Hall–Kier alpha value is -0.370. The summed E-state index contributed by atoms with van der Waals surface area (Å²) in [6.07, 6.45) is 7.68. The van der Waals surface area contributed by atoms with E-state index < -0.39 is 0 Å². The smallest absolute Gasteiger partial charge is 0.135 e. The van der Waals surface area contributed by atoms with Crippen molar-refractivity contribution in [1.82, 2.24) is 0 Å². The zero-order chi connectivity index (χ0) is 12.0. The molecule has 0 aromatic rings. The number of Topliss-reactive ketones (excluding diaryl/α,β-unsaturated/α-hetero) is 1. The standard InChI is InChI=1S/C14H27NO/c1-11(8-9-15)6-7-14(16)13-5-3-4-12(2)10-13/h11-13H,3-10,15H2,1-2H3. The molecule has 1 saturated carbocycles. The van der Waals surface area contributed by atoms with Gasteiger partial charge in [0.1, 0.15) is 5.78 Å². The molecule has 3 atom stereocenters. The second-order valence-corrected chi connectivity index (χ2v) is 5.66. The van der Waals surface area contributed by atoms with E-state index in [1.807, 2.05) is 0 Å². The zero-order valence-electron chi connectivity index (χ0n) is 10.9. The van der Waals surface area contributed by atoms with Gasteiger partial charge < -0.3 is 5.73 Å². The van der Waals surface area contributed by atoms with Crippen LogP contribution >= 0.6 is 0 Å². The van der Waals surface area contributed by atoms with Gasteiger partial charge in [0.15, 0.2) is 0 Å². The first-order valence-electron chi connectivity index (χ1n) is 6.86. The van der Waals surface area contributed by atoms with Gasteiger partial charge in [0, 0.05) is 12.3 Å². The van der Waals surface area contributed by atoms with Gasteiger partial charge in [-0.2, -0.15) is 0 Å². The highest BCUT2D eigenvalue weighted by atomic mass is 16.1. The van der Waals surface area contributed by atoms with Gasteiger partial charge in [-0.1, -0.05) is 26.7 Å². The molecule has 0 amide bonds. The molecule has 2 N–H and O–H groups in total. The van der Waals surface area contributed by atoms with E-state index in [1.54, 1.807) is 0 Å². The largest absolute Gasteiger partial charge is 0.330 e. The number of rotatable bonds is 6. The lowest BCUT2D eigenvalue weighted by Crippen LogP contribution is -2.22. The summed E-state index contributed by atoms with van der Waals surface area (Å²) in [7, 11) is 0. The van der Waals surface area contributed by atoms with Crippen LogP contribution < -0.4 is 5.73 Å². The van der Waals surface area contributed by atoms with E-state index in [0.29, 0.717) is 17.6 Å². The average Bonchev–Trinajstić information content (AvgIpc) is 2.26. The van der Waals surface area contributed by atoms with Gasteiger partial charge in [0.05, 0.1) is 0 Å². The second kappa shape index (κ2) is 7.05. The van der Waals surface area contributed by atoms with Gasteiger partial charge in [0.25, 0.3) is 0 Å². The molecular weight excluding hydrogens is 198 g/mol. The monoisotopic (exact) mass is 225 g/mol. The summed E-state index contributed by atoms with van der Waals surface area (Å²) >= 11 is 0. The highest BCUT2D eigenvalue weighted by Crippen LogP contribution is 2.30. The second-order valence-electron chi connectivity index (χ2n) is 5.66. The Morgan fingerprint density at radius 3 is 2.75 bits per heavy atom. The van der Waals surface area contributed by atoms with Crippen molar-refractivity contribution in [1.29, 1.82) is 0 Å². The Morgan fingerprint density at radius 2 is 2.12 bits per heavy atom. The average molecular weight is 225 g/mol. The maximum Gasteiger partial charge on any atom is 0.135 e. The van der Waals surface area contributed by atoms with Crippen molar-refractivity contribution >= 4 is 5.78 Å².